The Morgan fingerprint density at radius 2 is 2.27 bits per heavy atom. The topological polar surface area (TPSA) is 63.8 Å². The van der Waals surface area contributed by atoms with Crippen LogP contribution in [0.2, 0.25) is 5.15 Å². The molecule has 0 spiro atoms. The SMILES string of the molecule is CCCCC(C)Nc1ncnc(Cl)c1N. The van der Waals surface area contributed by atoms with E-state index < -0.39 is 0 Å². The zero-order valence-electron chi connectivity index (χ0n) is 9.13. The number of nitrogens with two attached hydrogens (primary N) is 1. The lowest BCUT2D eigenvalue weighted by Gasteiger charge is -2.15. The number of hydrogen-bond acceptors (Lipinski definition) is 4. The molecule has 3 N–H and O–H groups in total. The van der Waals surface area contributed by atoms with Crippen LogP contribution in [0, 0.1) is 0 Å². The zero-order chi connectivity index (χ0) is 11.3. The van der Waals surface area contributed by atoms with E-state index in [1.807, 2.05) is 0 Å². The molecule has 1 rings (SSSR count). The molecule has 1 unspecified atom stereocenters. The van der Waals surface area contributed by atoms with Crippen molar-refractivity contribution >= 4 is 23.1 Å². The third kappa shape index (κ3) is 3.55. The largest absolute Gasteiger partial charge is 0.393 e. The lowest BCUT2D eigenvalue weighted by molar-refractivity contribution is 0.643. The third-order valence-corrected chi connectivity index (χ3v) is 2.51. The molecule has 1 atom stereocenters. The summed E-state index contributed by atoms with van der Waals surface area (Å²) < 4.78 is 0. The van der Waals surface area contributed by atoms with Gasteiger partial charge in [0.05, 0.1) is 0 Å². The summed E-state index contributed by atoms with van der Waals surface area (Å²) in [4.78, 5) is 7.85. The van der Waals surface area contributed by atoms with Crippen LogP contribution in [-0.4, -0.2) is 16.0 Å². The van der Waals surface area contributed by atoms with Crippen molar-refractivity contribution in [1.82, 2.24) is 9.97 Å². The number of nitrogens with zero attached hydrogens (tertiary/aromatic N) is 2. The third-order valence-electron chi connectivity index (χ3n) is 2.21. The van der Waals surface area contributed by atoms with Crippen molar-refractivity contribution in [3.8, 4) is 0 Å². The average molecular weight is 229 g/mol. The number of hydrogen-bond donors (Lipinski definition) is 2. The highest BCUT2D eigenvalue weighted by atomic mass is 35.5. The van der Waals surface area contributed by atoms with Gasteiger partial charge in [-0.3, -0.25) is 0 Å². The fourth-order valence-corrected chi connectivity index (χ4v) is 1.44. The van der Waals surface area contributed by atoms with E-state index in [9.17, 15) is 0 Å². The molecule has 0 aliphatic rings. The molecule has 5 heteroatoms. The van der Waals surface area contributed by atoms with Crippen LogP contribution in [0.3, 0.4) is 0 Å². The van der Waals surface area contributed by atoms with E-state index in [0.29, 0.717) is 22.7 Å². The summed E-state index contributed by atoms with van der Waals surface area (Å²) in [5.41, 5.74) is 6.16. The molecule has 0 fully saturated rings. The van der Waals surface area contributed by atoms with E-state index in [1.54, 1.807) is 0 Å². The van der Waals surface area contributed by atoms with Gasteiger partial charge >= 0.3 is 0 Å². The molecule has 0 radical (unpaired) electrons. The second-order valence-electron chi connectivity index (χ2n) is 3.61. The lowest BCUT2D eigenvalue weighted by atomic mass is 10.1. The van der Waals surface area contributed by atoms with Crippen LogP contribution in [0.1, 0.15) is 33.1 Å². The monoisotopic (exact) mass is 228 g/mol. The first kappa shape index (κ1) is 12.0. The van der Waals surface area contributed by atoms with Crippen LogP contribution in [0.15, 0.2) is 6.33 Å². The number of anilines is 2. The summed E-state index contributed by atoms with van der Waals surface area (Å²) in [6, 6.07) is 0.346. The molecular weight excluding hydrogens is 212 g/mol. The molecule has 84 valence electrons. The summed E-state index contributed by atoms with van der Waals surface area (Å²) in [5.74, 6) is 0.624. The summed E-state index contributed by atoms with van der Waals surface area (Å²) >= 11 is 5.79. The van der Waals surface area contributed by atoms with Gasteiger partial charge in [-0.15, -0.1) is 0 Å². The Labute approximate surface area is 95.3 Å². The Bertz CT molecular complexity index is 316. The van der Waals surface area contributed by atoms with Crippen molar-refractivity contribution in [3.05, 3.63) is 11.5 Å². The minimum Gasteiger partial charge on any atom is -0.393 e. The van der Waals surface area contributed by atoms with Crippen LogP contribution >= 0.6 is 11.6 Å². The first-order chi connectivity index (χ1) is 7.15. The predicted molar refractivity (Wildman–Crippen MR) is 64.1 cm³/mol. The zero-order valence-corrected chi connectivity index (χ0v) is 9.88. The van der Waals surface area contributed by atoms with Crippen molar-refractivity contribution in [2.75, 3.05) is 11.1 Å². The molecule has 0 amide bonds. The fourth-order valence-electron chi connectivity index (χ4n) is 1.30. The number of nitrogen functional groups attached to an aromatic ring is 1. The highest BCUT2D eigenvalue weighted by Crippen LogP contribution is 2.22. The molecule has 15 heavy (non-hydrogen) atoms. The van der Waals surface area contributed by atoms with Gasteiger partial charge in [0.15, 0.2) is 11.0 Å². The molecule has 0 aliphatic heterocycles. The van der Waals surface area contributed by atoms with Crippen molar-refractivity contribution in [2.24, 2.45) is 0 Å². The molecule has 0 saturated heterocycles. The molecule has 1 aromatic rings. The van der Waals surface area contributed by atoms with Crippen molar-refractivity contribution in [1.29, 1.82) is 0 Å². The highest BCUT2D eigenvalue weighted by molar-refractivity contribution is 6.32. The van der Waals surface area contributed by atoms with Gasteiger partial charge in [0.25, 0.3) is 0 Å². The van der Waals surface area contributed by atoms with Gasteiger partial charge < -0.3 is 11.1 Å². The van der Waals surface area contributed by atoms with Gasteiger partial charge in [0, 0.05) is 6.04 Å². The van der Waals surface area contributed by atoms with E-state index in [2.05, 4.69) is 29.1 Å². The fraction of sp³-hybridized carbons (Fsp3) is 0.600. The Morgan fingerprint density at radius 3 is 2.93 bits per heavy atom. The number of halogens is 1. The van der Waals surface area contributed by atoms with Crippen molar-refractivity contribution < 1.29 is 0 Å². The number of aromatic nitrogens is 2. The van der Waals surface area contributed by atoms with Gasteiger partial charge in [0.2, 0.25) is 0 Å². The number of nitrogens with one attached hydrogen (secondary N) is 1. The van der Waals surface area contributed by atoms with Crippen LogP contribution in [0.4, 0.5) is 11.5 Å². The Hall–Kier alpha value is -1.03. The molecule has 0 aliphatic carbocycles. The first-order valence-corrected chi connectivity index (χ1v) is 5.55. The summed E-state index contributed by atoms with van der Waals surface area (Å²) in [6.45, 7) is 4.27. The van der Waals surface area contributed by atoms with Crippen molar-refractivity contribution in [2.45, 2.75) is 39.2 Å². The Balaban J connectivity index is 2.60. The first-order valence-electron chi connectivity index (χ1n) is 5.17. The van der Waals surface area contributed by atoms with Crippen LogP contribution < -0.4 is 11.1 Å². The van der Waals surface area contributed by atoms with Crippen LogP contribution in [0.25, 0.3) is 0 Å². The Morgan fingerprint density at radius 1 is 1.53 bits per heavy atom. The van der Waals surface area contributed by atoms with Gasteiger partial charge in [-0.1, -0.05) is 31.4 Å². The molecule has 0 saturated carbocycles. The van der Waals surface area contributed by atoms with Gasteiger partial charge in [0.1, 0.15) is 12.0 Å². The maximum absolute atomic E-state index is 5.79. The van der Waals surface area contributed by atoms with E-state index in [4.69, 9.17) is 17.3 Å². The molecule has 0 aromatic carbocycles. The normalized spacial score (nSPS) is 12.5. The number of unbranched alkanes of at least 4 members (excludes halogenated alkanes) is 1. The van der Waals surface area contributed by atoms with Crippen LogP contribution in [-0.2, 0) is 0 Å². The molecule has 1 aromatic heterocycles. The van der Waals surface area contributed by atoms with Crippen LogP contribution in [0.5, 0.6) is 0 Å². The van der Waals surface area contributed by atoms with E-state index in [-0.39, 0.29) is 0 Å². The highest BCUT2D eigenvalue weighted by Gasteiger charge is 2.08. The van der Waals surface area contributed by atoms with E-state index in [1.165, 1.54) is 19.2 Å². The molecular formula is C10H17ClN4. The molecule has 1 heterocycles. The maximum atomic E-state index is 5.79. The Kier molecular flexibility index (Phi) is 4.62. The molecule has 4 nitrogen and oxygen atoms in total. The van der Waals surface area contributed by atoms with Crippen molar-refractivity contribution in [3.63, 3.8) is 0 Å². The summed E-state index contributed by atoms with van der Waals surface area (Å²) in [6.07, 6.45) is 4.88. The standard InChI is InChI=1S/C10H17ClN4/c1-3-4-5-7(2)15-10-8(12)9(11)13-6-14-10/h6-7H,3-5,12H2,1-2H3,(H,13,14,15). The number of rotatable bonds is 5. The summed E-state index contributed by atoms with van der Waals surface area (Å²) in [7, 11) is 0. The average Bonchev–Trinajstić information content (AvgIpc) is 2.22. The van der Waals surface area contributed by atoms with Gasteiger partial charge in [-0.2, -0.15) is 0 Å². The van der Waals surface area contributed by atoms with Gasteiger partial charge in [-0.25, -0.2) is 9.97 Å². The molecule has 0 bridgehead atoms. The smallest absolute Gasteiger partial charge is 0.157 e. The quantitative estimate of drug-likeness (QED) is 0.761. The second kappa shape index (κ2) is 5.75. The summed E-state index contributed by atoms with van der Waals surface area (Å²) in [5, 5.41) is 3.53. The van der Waals surface area contributed by atoms with Gasteiger partial charge in [-0.05, 0) is 13.3 Å². The maximum Gasteiger partial charge on any atom is 0.157 e. The predicted octanol–water partition coefficient (Wildman–Crippen LogP) is 2.70. The van der Waals surface area contributed by atoms with E-state index >= 15 is 0 Å². The second-order valence-corrected chi connectivity index (χ2v) is 3.97. The van der Waals surface area contributed by atoms with E-state index in [0.717, 1.165) is 6.42 Å². The minimum absolute atomic E-state index is 0.301. The minimum atomic E-state index is 0.301. The lowest BCUT2D eigenvalue weighted by Crippen LogP contribution is -2.17.